The van der Waals surface area contributed by atoms with E-state index in [-0.39, 0.29) is 4.90 Å². The highest BCUT2D eigenvalue weighted by molar-refractivity contribution is 8.13. The second-order valence-corrected chi connectivity index (χ2v) is 7.10. The lowest BCUT2D eigenvalue weighted by molar-refractivity contribution is 0.116. The molecule has 2 rings (SSSR count). The number of ether oxygens (including phenoxy) is 1. The molecule has 0 heterocycles. The van der Waals surface area contributed by atoms with Gasteiger partial charge in [-0.1, -0.05) is 6.92 Å². The Balaban J connectivity index is 1.94. The monoisotopic (exact) mass is 274 g/mol. The van der Waals surface area contributed by atoms with E-state index in [4.69, 9.17) is 15.4 Å². The largest absolute Gasteiger partial charge is 0.493 e. The lowest BCUT2D eigenvalue weighted by Crippen LogP contribution is -2.28. The molecule has 1 aliphatic rings. The van der Waals surface area contributed by atoms with Gasteiger partial charge in [-0.15, -0.1) is 0 Å². The Morgan fingerprint density at radius 1 is 1.29 bits per heavy atom. The minimum absolute atomic E-state index is 0.100. The molecule has 5 heteroatoms. The highest BCUT2D eigenvalue weighted by Gasteiger charge is 2.27. The van der Waals surface area contributed by atoms with Crippen molar-refractivity contribution in [2.24, 2.45) is 11.8 Å². The maximum absolute atomic E-state index is 11.0. The molecule has 1 aromatic carbocycles. The second kappa shape index (κ2) is 4.86. The van der Waals surface area contributed by atoms with Crippen LogP contribution in [0.2, 0.25) is 0 Å². The Morgan fingerprint density at radius 3 is 2.35 bits per heavy atom. The maximum atomic E-state index is 11.0. The van der Waals surface area contributed by atoms with E-state index >= 15 is 0 Å². The summed E-state index contributed by atoms with van der Waals surface area (Å²) in [5, 5.41) is 0. The summed E-state index contributed by atoms with van der Waals surface area (Å²) in [5.41, 5.74) is 0. The molecule has 0 bridgehead atoms. The molecule has 94 valence electrons. The van der Waals surface area contributed by atoms with Crippen molar-refractivity contribution in [3.8, 4) is 5.75 Å². The Labute approximate surface area is 106 Å². The van der Waals surface area contributed by atoms with Gasteiger partial charge in [0.05, 0.1) is 11.5 Å². The normalized spacial score (nSPS) is 24.1. The first-order valence-corrected chi connectivity index (χ1v) is 7.95. The van der Waals surface area contributed by atoms with Crippen molar-refractivity contribution in [2.45, 2.75) is 24.7 Å². The molecule has 3 nitrogen and oxygen atoms in total. The van der Waals surface area contributed by atoms with E-state index < -0.39 is 9.05 Å². The molecular formula is C12H15ClO3S. The van der Waals surface area contributed by atoms with E-state index in [0.717, 1.165) is 5.92 Å². The van der Waals surface area contributed by atoms with Crippen molar-refractivity contribution < 1.29 is 13.2 Å². The predicted molar refractivity (Wildman–Crippen MR) is 66.9 cm³/mol. The predicted octanol–water partition coefficient (Wildman–Crippen LogP) is 3.04. The molecule has 0 N–H and O–H groups in total. The summed E-state index contributed by atoms with van der Waals surface area (Å²) in [6.07, 6.45) is 2.49. The van der Waals surface area contributed by atoms with Gasteiger partial charge < -0.3 is 4.74 Å². The molecule has 2 atom stereocenters. The highest BCUT2D eigenvalue weighted by Crippen LogP contribution is 2.34. The fourth-order valence-electron chi connectivity index (χ4n) is 1.88. The van der Waals surface area contributed by atoms with E-state index in [0.29, 0.717) is 18.3 Å². The number of rotatable bonds is 4. The third-order valence-corrected chi connectivity index (χ3v) is 4.74. The van der Waals surface area contributed by atoms with Gasteiger partial charge in [0.2, 0.25) is 0 Å². The Bertz CT molecular complexity index is 481. The smallest absolute Gasteiger partial charge is 0.261 e. The molecule has 0 saturated heterocycles. The first-order chi connectivity index (χ1) is 7.97. The SMILES string of the molecule is CC1CCC1COc1ccc(S(=O)(=O)Cl)cc1. The van der Waals surface area contributed by atoms with Crippen LogP contribution in [0.25, 0.3) is 0 Å². The van der Waals surface area contributed by atoms with Crippen molar-refractivity contribution >= 4 is 19.7 Å². The van der Waals surface area contributed by atoms with Crippen molar-refractivity contribution in [1.82, 2.24) is 0 Å². The number of hydrogen-bond acceptors (Lipinski definition) is 3. The summed E-state index contributed by atoms with van der Waals surface area (Å²) >= 11 is 0. The van der Waals surface area contributed by atoms with Gasteiger partial charge in [-0.25, -0.2) is 8.42 Å². The van der Waals surface area contributed by atoms with Gasteiger partial charge >= 0.3 is 0 Å². The molecular weight excluding hydrogens is 260 g/mol. The summed E-state index contributed by atoms with van der Waals surface area (Å²) in [7, 11) is 1.58. The van der Waals surface area contributed by atoms with E-state index in [2.05, 4.69) is 6.92 Å². The summed E-state index contributed by atoms with van der Waals surface area (Å²) in [5.74, 6) is 2.05. The van der Waals surface area contributed by atoms with Gasteiger partial charge in [0.25, 0.3) is 9.05 Å². The zero-order chi connectivity index (χ0) is 12.5. The maximum Gasteiger partial charge on any atom is 0.261 e. The quantitative estimate of drug-likeness (QED) is 0.793. The molecule has 1 saturated carbocycles. The van der Waals surface area contributed by atoms with Crippen LogP contribution < -0.4 is 4.74 Å². The third-order valence-electron chi connectivity index (χ3n) is 3.37. The topological polar surface area (TPSA) is 43.4 Å². The zero-order valence-corrected chi connectivity index (χ0v) is 11.2. The number of benzene rings is 1. The molecule has 1 fully saturated rings. The first kappa shape index (κ1) is 12.7. The van der Waals surface area contributed by atoms with Crippen molar-refractivity contribution in [2.75, 3.05) is 6.61 Å². The van der Waals surface area contributed by atoms with Crippen LogP contribution in [0.3, 0.4) is 0 Å². The minimum Gasteiger partial charge on any atom is -0.493 e. The van der Waals surface area contributed by atoms with Gasteiger partial charge in [-0.3, -0.25) is 0 Å². The molecule has 0 aliphatic heterocycles. The fraction of sp³-hybridized carbons (Fsp3) is 0.500. The van der Waals surface area contributed by atoms with Crippen molar-refractivity contribution in [3.63, 3.8) is 0 Å². The average Bonchev–Trinajstić information content (AvgIpc) is 2.27. The zero-order valence-electron chi connectivity index (χ0n) is 9.60. The highest BCUT2D eigenvalue weighted by atomic mass is 35.7. The molecule has 2 unspecified atom stereocenters. The Morgan fingerprint density at radius 2 is 1.94 bits per heavy atom. The second-order valence-electron chi connectivity index (χ2n) is 4.53. The number of halogens is 1. The van der Waals surface area contributed by atoms with Crippen LogP contribution in [0.5, 0.6) is 5.75 Å². The summed E-state index contributed by atoms with van der Waals surface area (Å²) in [6.45, 7) is 2.93. The van der Waals surface area contributed by atoms with Crippen LogP contribution in [0.4, 0.5) is 0 Å². The molecule has 0 aromatic heterocycles. The lowest BCUT2D eigenvalue weighted by Gasteiger charge is -2.33. The Hall–Kier alpha value is -0.740. The fourth-order valence-corrected chi connectivity index (χ4v) is 2.65. The van der Waals surface area contributed by atoms with Crippen LogP contribution in [-0.4, -0.2) is 15.0 Å². The molecule has 17 heavy (non-hydrogen) atoms. The summed E-state index contributed by atoms with van der Waals surface area (Å²) in [6, 6.07) is 6.20. The van der Waals surface area contributed by atoms with Gasteiger partial charge in [-0.05, 0) is 48.9 Å². The van der Waals surface area contributed by atoms with Crippen molar-refractivity contribution in [3.05, 3.63) is 24.3 Å². The Kier molecular flexibility index (Phi) is 3.64. The molecule has 1 aromatic rings. The molecule has 0 spiro atoms. The van der Waals surface area contributed by atoms with Gasteiger partial charge in [0.15, 0.2) is 0 Å². The van der Waals surface area contributed by atoms with E-state index in [1.807, 2.05) is 0 Å². The minimum atomic E-state index is -3.64. The van der Waals surface area contributed by atoms with Crippen LogP contribution >= 0.6 is 10.7 Å². The molecule has 0 radical (unpaired) electrons. The van der Waals surface area contributed by atoms with Crippen LogP contribution in [-0.2, 0) is 9.05 Å². The van der Waals surface area contributed by atoms with E-state index in [1.54, 1.807) is 12.1 Å². The first-order valence-electron chi connectivity index (χ1n) is 5.64. The van der Waals surface area contributed by atoms with Gasteiger partial charge in [0, 0.05) is 10.7 Å². The van der Waals surface area contributed by atoms with Crippen LogP contribution in [0.1, 0.15) is 19.8 Å². The third kappa shape index (κ3) is 3.13. The van der Waals surface area contributed by atoms with Gasteiger partial charge in [-0.2, -0.15) is 0 Å². The summed E-state index contributed by atoms with van der Waals surface area (Å²) < 4.78 is 27.7. The van der Waals surface area contributed by atoms with Gasteiger partial charge in [0.1, 0.15) is 5.75 Å². The van der Waals surface area contributed by atoms with Crippen LogP contribution in [0.15, 0.2) is 29.2 Å². The lowest BCUT2D eigenvalue weighted by atomic mass is 9.75. The average molecular weight is 275 g/mol. The molecule has 1 aliphatic carbocycles. The summed E-state index contributed by atoms with van der Waals surface area (Å²) in [4.78, 5) is 0.100. The number of hydrogen-bond donors (Lipinski definition) is 0. The van der Waals surface area contributed by atoms with E-state index in [9.17, 15) is 8.42 Å². The van der Waals surface area contributed by atoms with E-state index in [1.165, 1.54) is 25.0 Å². The van der Waals surface area contributed by atoms with Crippen molar-refractivity contribution in [1.29, 1.82) is 0 Å². The molecule has 0 amide bonds. The van der Waals surface area contributed by atoms with Crippen LogP contribution in [0, 0.1) is 11.8 Å². The standard InChI is InChI=1S/C12H15ClO3S/c1-9-2-3-10(9)8-16-11-4-6-12(7-5-11)17(13,14)15/h4-7,9-10H,2-3,8H2,1H3.